The summed E-state index contributed by atoms with van der Waals surface area (Å²) in [5.41, 5.74) is 4.17. The highest BCUT2D eigenvalue weighted by atomic mass is 14.2. The van der Waals surface area contributed by atoms with Gasteiger partial charge in [-0.3, -0.25) is 0 Å². The third-order valence-electron chi connectivity index (χ3n) is 2.80. The van der Waals surface area contributed by atoms with Crippen LogP contribution in [0, 0.1) is 5.92 Å². The topological polar surface area (TPSA) is 0 Å². The van der Waals surface area contributed by atoms with Crippen molar-refractivity contribution >= 4 is 6.08 Å². The highest BCUT2D eigenvalue weighted by Crippen LogP contribution is 2.33. The van der Waals surface area contributed by atoms with Crippen LogP contribution in [0.1, 0.15) is 25.0 Å². The van der Waals surface area contributed by atoms with E-state index in [0.717, 1.165) is 6.42 Å². The highest BCUT2D eigenvalue weighted by Gasteiger charge is 2.18. The predicted octanol–water partition coefficient (Wildman–Crippen LogP) is 4.35. The Morgan fingerprint density at radius 2 is 1.69 bits per heavy atom. The molecule has 0 fully saturated rings. The molecule has 0 unspecified atom stereocenters. The molecule has 0 aromatic heterocycles. The van der Waals surface area contributed by atoms with E-state index in [4.69, 9.17) is 0 Å². The van der Waals surface area contributed by atoms with Gasteiger partial charge in [0.05, 0.1) is 0 Å². The number of fused-ring (bicyclic) bond motifs is 2. The van der Waals surface area contributed by atoms with E-state index in [0.29, 0.717) is 0 Å². The smallest absolute Gasteiger partial charge is 0.0311 e. The van der Waals surface area contributed by atoms with Crippen molar-refractivity contribution in [1.82, 2.24) is 0 Å². The van der Waals surface area contributed by atoms with Crippen molar-refractivity contribution in [2.24, 2.45) is 0 Å². The van der Waals surface area contributed by atoms with Crippen molar-refractivity contribution in [3.8, 4) is 0 Å². The van der Waals surface area contributed by atoms with E-state index in [-0.39, 0.29) is 0 Å². The number of hydrogen-bond acceptors (Lipinski definition) is 0. The molecule has 0 saturated heterocycles. The van der Waals surface area contributed by atoms with Crippen molar-refractivity contribution in [3.05, 3.63) is 71.2 Å². The molecule has 1 aromatic rings. The Bertz CT molecular complexity index is 447. The molecule has 0 N–H and O–H groups in total. The zero-order valence-corrected chi connectivity index (χ0v) is 9.90. The molecular formula is C16H17. The summed E-state index contributed by atoms with van der Waals surface area (Å²) >= 11 is 0. The van der Waals surface area contributed by atoms with E-state index >= 15 is 0 Å². The zero-order chi connectivity index (χ0) is 11.4. The lowest BCUT2D eigenvalue weighted by atomic mass is 9.81. The quantitative estimate of drug-likeness (QED) is 0.595. The van der Waals surface area contributed by atoms with Gasteiger partial charge in [0.15, 0.2) is 0 Å². The first-order chi connectivity index (χ1) is 7.93. The standard InChI is InChI=1S/C14H11.C2H6/c1-2-6-12-10-14-8-4-3-7-13(14)9-11(12)5-1;1-2/h1-9H,10H2;1-2H3. The minimum absolute atomic E-state index is 1.07. The van der Waals surface area contributed by atoms with Crippen molar-refractivity contribution in [2.75, 3.05) is 0 Å². The maximum Gasteiger partial charge on any atom is 0.0311 e. The first-order valence-corrected chi connectivity index (χ1v) is 5.94. The summed E-state index contributed by atoms with van der Waals surface area (Å²) in [4.78, 5) is 0. The van der Waals surface area contributed by atoms with Crippen molar-refractivity contribution in [2.45, 2.75) is 20.3 Å². The summed E-state index contributed by atoms with van der Waals surface area (Å²) in [6.07, 6.45) is 12.0. The van der Waals surface area contributed by atoms with Crippen LogP contribution in [0.25, 0.3) is 6.08 Å². The van der Waals surface area contributed by atoms with Crippen molar-refractivity contribution in [3.63, 3.8) is 0 Å². The van der Waals surface area contributed by atoms with Gasteiger partial charge in [-0.1, -0.05) is 68.5 Å². The first kappa shape index (κ1) is 10.9. The molecule has 81 valence electrons. The molecular weight excluding hydrogens is 192 g/mol. The lowest BCUT2D eigenvalue weighted by molar-refractivity contribution is 1.03. The van der Waals surface area contributed by atoms with Crippen LogP contribution in [0.4, 0.5) is 0 Å². The van der Waals surface area contributed by atoms with Gasteiger partial charge in [0.2, 0.25) is 0 Å². The normalized spacial score (nSPS) is 16.8. The Hall–Kier alpha value is -1.56. The van der Waals surface area contributed by atoms with E-state index in [1.807, 2.05) is 13.8 Å². The molecule has 1 aromatic carbocycles. The molecule has 0 heterocycles. The molecule has 0 atom stereocenters. The van der Waals surface area contributed by atoms with Gasteiger partial charge in [0.1, 0.15) is 0 Å². The van der Waals surface area contributed by atoms with Gasteiger partial charge in [0, 0.05) is 5.92 Å². The summed E-state index contributed by atoms with van der Waals surface area (Å²) in [6.45, 7) is 4.00. The van der Waals surface area contributed by atoms with Crippen LogP contribution in [0.3, 0.4) is 0 Å². The number of hydrogen-bond donors (Lipinski definition) is 0. The van der Waals surface area contributed by atoms with Gasteiger partial charge < -0.3 is 0 Å². The van der Waals surface area contributed by atoms with Gasteiger partial charge in [-0.25, -0.2) is 0 Å². The Balaban J connectivity index is 0.000000457. The summed E-state index contributed by atoms with van der Waals surface area (Å²) in [7, 11) is 0. The predicted molar refractivity (Wildman–Crippen MR) is 71.0 cm³/mol. The van der Waals surface area contributed by atoms with Crippen LogP contribution in [0.2, 0.25) is 0 Å². The lowest BCUT2D eigenvalue weighted by Gasteiger charge is -2.22. The molecule has 2 aliphatic carbocycles. The number of allylic oxidation sites excluding steroid dienone is 5. The molecule has 2 aliphatic rings. The van der Waals surface area contributed by atoms with Crippen LogP contribution >= 0.6 is 0 Å². The van der Waals surface area contributed by atoms with Gasteiger partial charge >= 0.3 is 0 Å². The van der Waals surface area contributed by atoms with E-state index < -0.39 is 0 Å². The molecule has 1 radical (unpaired) electrons. The maximum atomic E-state index is 2.27. The molecule has 0 nitrogen and oxygen atoms in total. The third kappa shape index (κ3) is 2.01. The third-order valence-corrected chi connectivity index (χ3v) is 2.80. The molecule has 0 heteroatoms. The van der Waals surface area contributed by atoms with Crippen LogP contribution in [0.15, 0.2) is 54.1 Å². The zero-order valence-electron chi connectivity index (χ0n) is 9.90. The highest BCUT2D eigenvalue weighted by molar-refractivity contribution is 5.70. The van der Waals surface area contributed by atoms with E-state index in [1.54, 1.807) is 0 Å². The fraction of sp³-hybridized carbons (Fsp3) is 0.188. The molecule has 0 bridgehead atoms. The number of rotatable bonds is 0. The monoisotopic (exact) mass is 209 g/mol. The van der Waals surface area contributed by atoms with Crippen LogP contribution in [-0.2, 0) is 6.42 Å². The van der Waals surface area contributed by atoms with E-state index in [9.17, 15) is 0 Å². The van der Waals surface area contributed by atoms with Crippen LogP contribution < -0.4 is 0 Å². The lowest BCUT2D eigenvalue weighted by Crippen LogP contribution is -2.09. The molecule has 0 aliphatic heterocycles. The maximum absolute atomic E-state index is 2.27. The van der Waals surface area contributed by atoms with Crippen LogP contribution in [0.5, 0.6) is 0 Å². The SMILES string of the molecule is C1=C[C]2Cc3ccccc3C=C2C=C1.CC. The molecule has 3 rings (SSSR count). The van der Waals surface area contributed by atoms with Gasteiger partial charge in [-0.05, 0) is 23.1 Å². The second-order valence-corrected chi connectivity index (χ2v) is 3.72. The minimum atomic E-state index is 1.07. The van der Waals surface area contributed by atoms with Gasteiger partial charge in [-0.15, -0.1) is 0 Å². The van der Waals surface area contributed by atoms with E-state index in [1.165, 1.54) is 22.6 Å². The average molecular weight is 209 g/mol. The second kappa shape index (κ2) is 4.98. The van der Waals surface area contributed by atoms with Gasteiger partial charge in [0.25, 0.3) is 0 Å². The Morgan fingerprint density at radius 1 is 0.938 bits per heavy atom. The Kier molecular flexibility index (Phi) is 3.40. The Labute approximate surface area is 98.0 Å². The average Bonchev–Trinajstić information content (AvgIpc) is 2.38. The van der Waals surface area contributed by atoms with Crippen LogP contribution in [-0.4, -0.2) is 0 Å². The Morgan fingerprint density at radius 3 is 2.56 bits per heavy atom. The minimum Gasteiger partial charge on any atom is -0.0724 e. The summed E-state index contributed by atoms with van der Waals surface area (Å²) < 4.78 is 0. The van der Waals surface area contributed by atoms with E-state index in [2.05, 4.69) is 54.6 Å². The molecule has 0 saturated carbocycles. The van der Waals surface area contributed by atoms with Crippen molar-refractivity contribution in [1.29, 1.82) is 0 Å². The molecule has 0 spiro atoms. The second-order valence-electron chi connectivity index (χ2n) is 3.72. The number of benzene rings is 1. The van der Waals surface area contributed by atoms with Crippen molar-refractivity contribution < 1.29 is 0 Å². The summed E-state index contributed by atoms with van der Waals surface area (Å²) in [6, 6.07) is 8.61. The van der Waals surface area contributed by atoms with Gasteiger partial charge in [-0.2, -0.15) is 0 Å². The summed E-state index contributed by atoms with van der Waals surface area (Å²) in [5.74, 6) is 1.44. The fourth-order valence-corrected chi connectivity index (χ4v) is 2.04. The largest absolute Gasteiger partial charge is 0.0724 e. The molecule has 16 heavy (non-hydrogen) atoms. The first-order valence-electron chi connectivity index (χ1n) is 5.94. The fourth-order valence-electron chi connectivity index (χ4n) is 2.04. The summed E-state index contributed by atoms with van der Waals surface area (Å²) in [5, 5.41) is 0. The molecule has 0 amide bonds.